The summed E-state index contributed by atoms with van der Waals surface area (Å²) in [5.41, 5.74) is 5.42. The van der Waals surface area contributed by atoms with E-state index in [0.717, 1.165) is 13.2 Å². The van der Waals surface area contributed by atoms with E-state index in [1.807, 2.05) is 0 Å². The maximum atomic E-state index is 12.4. The van der Waals surface area contributed by atoms with Gasteiger partial charge in [-0.2, -0.15) is 13.2 Å². The van der Waals surface area contributed by atoms with Crippen LogP contribution in [0.5, 0.6) is 5.75 Å². The van der Waals surface area contributed by atoms with Crippen LogP contribution in [0.3, 0.4) is 0 Å². The summed E-state index contributed by atoms with van der Waals surface area (Å²) in [6, 6.07) is 3.58. The lowest BCUT2D eigenvalue weighted by molar-refractivity contribution is -0.153. The smallest absolute Gasteiger partial charge is 0.422 e. The number of rotatable bonds is 6. The minimum atomic E-state index is -4.59. The molecule has 2 rings (SSSR count). The van der Waals surface area contributed by atoms with Crippen molar-refractivity contribution in [3.63, 3.8) is 0 Å². The van der Waals surface area contributed by atoms with Gasteiger partial charge in [-0.1, -0.05) is 0 Å². The van der Waals surface area contributed by atoms with Crippen molar-refractivity contribution in [2.75, 3.05) is 19.0 Å². The van der Waals surface area contributed by atoms with Crippen LogP contribution in [0, 0.1) is 0 Å². The molecule has 27 heavy (non-hydrogen) atoms. The van der Waals surface area contributed by atoms with Gasteiger partial charge in [0, 0.05) is 11.9 Å². The highest BCUT2D eigenvalue weighted by atomic mass is 35.5. The van der Waals surface area contributed by atoms with E-state index in [-0.39, 0.29) is 41.6 Å². The van der Waals surface area contributed by atoms with E-state index in [0.29, 0.717) is 5.01 Å². The van der Waals surface area contributed by atoms with Gasteiger partial charge in [0.15, 0.2) is 6.61 Å². The summed E-state index contributed by atoms with van der Waals surface area (Å²) in [7, 11) is 1.13. The molecule has 3 N–H and O–H groups in total. The molecule has 1 aromatic heterocycles. The van der Waals surface area contributed by atoms with Crippen molar-refractivity contribution < 1.29 is 32.2 Å². The van der Waals surface area contributed by atoms with Crippen LogP contribution in [-0.2, 0) is 11.3 Å². The molecule has 148 valence electrons. The molecular weight excluding hydrogens is 411 g/mol. The summed E-state index contributed by atoms with van der Waals surface area (Å²) in [5, 5.41) is 4.41. The number of esters is 1. The molecule has 7 nitrogen and oxygen atoms in total. The zero-order chi connectivity index (χ0) is 19.3. The lowest BCUT2D eigenvalue weighted by Crippen LogP contribution is -2.21. The van der Waals surface area contributed by atoms with Gasteiger partial charge in [-0.05, 0) is 18.2 Å². The Kier molecular flexibility index (Phi) is 8.00. The average Bonchev–Trinajstić information content (AvgIpc) is 3.08. The van der Waals surface area contributed by atoms with Crippen LogP contribution < -0.4 is 15.8 Å². The predicted octanol–water partition coefficient (Wildman–Crippen LogP) is 3.00. The average molecular weight is 426 g/mol. The number of aromatic nitrogens is 1. The van der Waals surface area contributed by atoms with Crippen LogP contribution >= 0.6 is 23.7 Å². The van der Waals surface area contributed by atoms with Gasteiger partial charge in [-0.25, -0.2) is 9.78 Å². The number of nitrogens with one attached hydrogen (secondary N) is 1. The van der Waals surface area contributed by atoms with Gasteiger partial charge in [-0.3, -0.25) is 4.79 Å². The molecule has 0 aliphatic rings. The largest absolute Gasteiger partial charge is 0.482 e. The second kappa shape index (κ2) is 9.53. The molecular formula is C15H15ClF3N3O4S. The Balaban J connectivity index is 0.00000364. The number of nitrogens with zero attached hydrogens (tertiary/aromatic N) is 1. The first-order valence-corrected chi connectivity index (χ1v) is 7.99. The van der Waals surface area contributed by atoms with Gasteiger partial charge in [-0.15, -0.1) is 23.7 Å². The van der Waals surface area contributed by atoms with Gasteiger partial charge in [0.2, 0.25) is 0 Å². The van der Waals surface area contributed by atoms with E-state index in [4.69, 9.17) is 10.5 Å². The third-order valence-corrected chi connectivity index (χ3v) is 3.87. The number of hydrogen-bond acceptors (Lipinski definition) is 7. The van der Waals surface area contributed by atoms with E-state index in [2.05, 4.69) is 15.0 Å². The molecule has 0 atom stereocenters. The van der Waals surface area contributed by atoms with Crippen LogP contribution in [0.2, 0.25) is 0 Å². The van der Waals surface area contributed by atoms with Crippen LogP contribution in [0.4, 0.5) is 18.9 Å². The summed E-state index contributed by atoms with van der Waals surface area (Å²) < 4.78 is 46.6. The molecule has 0 saturated heterocycles. The SMILES string of the molecule is COC(=O)c1ccc(NC(=O)c2csc(CN)n2)c(OCC(F)(F)F)c1.Cl. The van der Waals surface area contributed by atoms with E-state index < -0.39 is 24.7 Å². The number of alkyl halides is 3. The second-order valence-electron chi connectivity index (χ2n) is 4.89. The van der Waals surface area contributed by atoms with Crippen molar-refractivity contribution in [1.29, 1.82) is 0 Å². The normalized spacial score (nSPS) is 10.7. The first-order chi connectivity index (χ1) is 12.2. The van der Waals surface area contributed by atoms with Crippen LogP contribution in [-0.4, -0.2) is 36.8 Å². The maximum absolute atomic E-state index is 12.4. The first kappa shape index (κ1) is 22.7. The van der Waals surface area contributed by atoms with Crippen LogP contribution in [0.25, 0.3) is 0 Å². The van der Waals surface area contributed by atoms with Gasteiger partial charge >= 0.3 is 12.1 Å². The molecule has 0 saturated carbocycles. The zero-order valence-corrected chi connectivity index (χ0v) is 15.5. The number of thiazole rings is 1. The molecule has 1 heterocycles. The number of ether oxygens (including phenoxy) is 2. The Labute approximate surface area is 162 Å². The fourth-order valence-corrected chi connectivity index (χ4v) is 2.50. The van der Waals surface area contributed by atoms with E-state index >= 15 is 0 Å². The number of benzene rings is 1. The van der Waals surface area contributed by atoms with Crippen molar-refractivity contribution in [2.45, 2.75) is 12.7 Å². The summed E-state index contributed by atoms with van der Waals surface area (Å²) in [5.74, 6) is -1.73. The fraction of sp³-hybridized carbons (Fsp3) is 0.267. The van der Waals surface area contributed by atoms with E-state index in [1.54, 1.807) is 0 Å². The molecule has 1 amide bonds. The number of nitrogens with two attached hydrogens (primary N) is 1. The minimum Gasteiger partial charge on any atom is -0.482 e. The Morgan fingerprint density at radius 3 is 2.59 bits per heavy atom. The number of anilines is 1. The number of halogens is 4. The molecule has 0 unspecified atom stereocenters. The van der Waals surface area contributed by atoms with Gasteiger partial charge in [0.1, 0.15) is 16.5 Å². The summed E-state index contributed by atoms with van der Waals surface area (Å²) >= 11 is 1.18. The monoisotopic (exact) mass is 425 g/mol. The maximum Gasteiger partial charge on any atom is 0.422 e. The molecule has 2 aromatic rings. The van der Waals surface area contributed by atoms with Gasteiger partial charge in [0.25, 0.3) is 5.91 Å². The molecule has 0 aliphatic heterocycles. The van der Waals surface area contributed by atoms with Crippen molar-refractivity contribution in [2.24, 2.45) is 5.73 Å². The third-order valence-electron chi connectivity index (χ3n) is 3.00. The Hall–Kier alpha value is -2.37. The highest BCUT2D eigenvalue weighted by Crippen LogP contribution is 2.29. The lowest BCUT2D eigenvalue weighted by atomic mass is 10.2. The highest BCUT2D eigenvalue weighted by molar-refractivity contribution is 7.09. The van der Waals surface area contributed by atoms with Crippen molar-refractivity contribution in [3.8, 4) is 5.75 Å². The second-order valence-corrected chi connectivity index (χ2v) is 5.83. The molecule has 0 aliphatic carbocycles. The first-order valence-electron chi connectivity index (χ1n) is 7.11. The van der Waals surface area contributed by atoms with Crippen molar-refractivity contribution >= 4 is 41.3 Å². The number of methoxy groups -OCH3 is 1. The Bertz CT molecular complexity index is 814. The van der Waals surface area contributed by atoms with Crippen molar-refractivity contribution in [3.05, 3.63) is 39.8 Å². The molecule has 0 spiro atoms. The van der Waals surface area contributed by atoms with E-state index in [1.165, 1.54) is 28.8 Å². The Morgan fingerprint density at radius 1 is 1.33 bits per heavy atom. The number of hydrogen-bond donors (Lipinski definition) is 2. The van der Waals surface area contributed by atoms with Gasteiger partial charge in [0.05, 0.1) is 18.4 Å². The standard InChI is InChI=1S/C15H14F3N3O4S.ClH/c1-24-14(23)8-2-3-9(11(4-8)25-7-15(16,17)18)21-13(22)10-6-26-12(5-19)20-10;/h2-4,6H,5,7,19H2,1H3,(H,21,22);1H. The van der Waals surface area contributed by atoms with Crippen molar-refractivity contribution in [1.82, 2.24) is 4.98 Å². The molecule has 1 aromatic carbocycles. The summed E-state index contributed by atoms with van der Waals surface area (Å²) in [4.78, 5) is 27.7. The van der Waals surface area contributed by atoms with Gasteiger partial charge < -0.3 is 20.5 Å². The molecule has 0 fully saturated rings. The highest BCUT2D eigenvalue weighted by Gasteiger charge is 2.29. The lowest BCUT2D eigenvalue weighted by Gasteiger charge is -2.14. The summed E-state index contributed by atoms with van der Waals surface area (Å²) in [6.45, 7) is -1.43. The zero-order valence-electron chi connectivity index (χ0n) is 13.8. The number of carbonyl (C=O) groups is 2. The number of carbonyl (C=O) groups excluding carboxylic acids is 2. The van der Waals surface area contributed by atoms with E-state index in [9.17, 15) is 22.8 Å². The predicted molar refractivity (Wildman–Crippen MR) is 94.5 cm³/mol. The molecule has 0 radical (unpaired) electrons. The fourth-order valence-electron chi connectivity index (χ4n) is 1.84. The summed E-state index contributed by atoms with van der Waals surface area (Å²) in [6.07, 6.45) is -4.59. The third kappa shape index (κ3) is 6.38. The Morgan fingerprint density at radius 2 is 2.04 bits per heavy atom. The van der Waals surface area contributed by atoms with Crippen LogP contribution in [0.1, 0.15) is 25.9 Å². The minimum absolute atomic E-state index is 0. The number of amides is 1. The molecule has 0 bridgehead atoms. The molecule has 12 heteroatoms. The topological polar surface area (TPSA) is 104 Å². The quantitative estimate of drug-likeness (QED) is 0.689. The van der Waals surface area contributed by atoms with Crippen LogP contribution in [0.15, 0.2) is 23.6 Å².